The van der Waals surface area contributed by atoms with Crippen molar-refractivity contribution in [3.8, 4) is 0 Å². The molecule has 0 bridgehead atoms. The fourth-order valence-electron chi connectivity index (χ4n) is 2.08. The minimum absolute atomic E-state index is 0.253. The molecule has 0 aliphatic heterocycles. The quantitative estimate of drug-likeness (QED) is 0.576. The summed E-state index contributed by atoms with van der Waals surface area (Å²) in [4.78, 5) is 11.8. The van der Waals surface area contributed by atoms with Crippen LogP contribution in [-0.4, -0.2) is 42.6 Å². The van der Waals surface area contributed by atoms with Gasteiger partial charge < -0.3 is 14.8 Å². The van der Waals surface area contributed by atoms with Crippen LogP contribution in [0.2, 0.25) is 0 Å². The molecule has 1 N–H and O–H groups in total. The second kappa shape index (κ2) is 8.01. The van der Waals surface area contributed by atoms with Crippen LogP contribution in [0.5, 0.6) is 0 Å². The molecule has 1 aromatic heterocycles. The first kappa shape index (κ1) is 16.7. The van der Waals surface area contributed by atoms with Crippen molar-refractivity contribution in [2.45, 2.75) is 40.3 Å². The monoisotopic (exact) mass is 283 g/mol. The Balaban J connectivity index is 2.77. The van der Waals surface area contributed by atoms with Crippen LogP contribution >= 0.6 is 0 Å². The third-order valence-electron chi connectivity index (χ3n) is 3.25. The number of ether oxygens (including phenoxy) is 2. The minimum atomic E-state index is -0.402. The van der Waals surface area contributed by atoms with Gasteiger partial charge in [-0.25, -0.2) is 4.79 Å². The van der Waals surface area contributed by atoms with E-state index in [4.69, 9.17) is 9.47 Å². The predicted molar refractivity (Wildman–Crippen MR) is 76.6 cm³/mol. The molecule has 6 nitrogen and oxygen atoms in total. The molecule has 0 aliphatic carbocycles. The molecule has 6 heteroatoms. The molecule has 1 aromatic rings. The summed E-state index contributed by atoms with van der Waals surface area (Å²) >= 11 is 0. The summed E-state index contributed by atoms with van der Waals surface area (Å²) in [5, 5.41) is 7.75. The first-order valence-electron chi connectivity index (χ1n) is 6.93. The number of aromatic nitrogens is 2. The van der Waals surface area contributed by atoms with Gasteiger partial charge in [-0.1, -0.05) is 0 Å². The predicted octanol–water partition coefficient (Wildman–Crippen LogP) is 1.36. The van der Waals surface area contributed by atoms with Crippen molar-refractivity contribution in [2.75, 3.05) is 26.9 Å². The van der Waals surface area contributed by atoms with Gasteiger partial charge in [0.05, 0.1) is 18.9 Å². The Labute approximate surface area is 120 Å². The van der Waals surface area contributed by atoms with E-state index in [9.17, 15) is 4.79 Å². The van der Waals surface area contributed by atoms with Crippen molar-refractivity contribution in [3.63, 3.8) is 0 Å². The first-order valence-corrected chi connectivity index (χ1v) is 6.93. The smallest absolute Gasteiger partial charge is 0.330 e. The van der Waals surface area contributed by atoms with Crippen molar-refractivity contribution in [1.82, 2.24) is 15.1 Å². The van der Waals surface area contributed by atoms with Crippen LogP contribution in [0.3, 0.4) is 0 Å². The second-order valence-corrected chi connectivity index (χ2v) is 4.69. The van der Waals surface area contributed by atoms with E-state index in [2.05, 4.69) is 10.4 Å². The fourth-order valence-corrected chi connectivity index (χ4v) is 2.08. The van der Waals surface area contributed by atoms with Gasteiger partial charge in [0.25, 0.3) is 0 Å². The highest BCUT2D eigenvalue weighted by Crippen LogP contribution is 2.18. The van der Waals surface area contributed by atoms with Crippen molar-refractivity contribution in [3.05, 3.63) is 17.0 Å². The zero-order chi connectivity index (χ0) is 15.1. The summed E-state index contributed by atoms with van der Waals surface area (Å²) in [6.07, 6.45) is 0. The summed E-state index contributed by atoms with van der Waals surface area (Å²) in [5.41, 5.74) is 3.05. The zero-order valence-corrected chi connectivity index (χ0v) is 13.0. The van der Waals surface area contributed by atoms with Crippen molar-refractivity contribution in [2.24, 2.45) is 0 Å². The first-order chi connectivity index (χ1) is 9.52. The van der Waals surface area contributed by atoms with Gasteiger partial charge in [0.1, 0.15) is 6.04 Å². The Morgan fingerprint density at radius 3 is 2.75 bits per heavy atom. The van der Waals surface area contributed by atoms with E-state index >= 15 is 0 Å². The van der Waals surface area contributed by atoms with Gasteiger partial charge in [-0.2, -0.15) is 5.10 Å². The molecule has 1 rings (SSSR count). The fraction of sp³-hybridized carbons (Fsp3) is 0.714. The third-order valence-corrected chi connectivity index (χ3v) is 3.25. The topological polar surface area (TPSA) is 65.4 Å². The van der Waals surface area contributed by atoms with Gasteiger partial charge in [-0.15, -0.1) is 0 Å². The lowest BCUT2D eigenvalue weighted by molar-refractivity contribution is -0.146. The van der Waals surface area contributed by atoms with Gasteiger partial charge >= 0.3 is 5.97 Å². The lowest BCUT2D eigenvalue weighted by Gasteiger charge is -2.13. The summed E-state index contributed by atoms with van der Waals surface area (Å²) in [7, 11) is 1.68. The lowest BCUT2D eigenvalue weighted by Crippen LogP contribution is -2.22. The van der Waals surface area contributed by atoms with Crippen molar-refractivity contribution in [1.29, 1.82) is 0 Å². The highest BCUT2D eigenvalue weighted by molar-refractivity contribution is 5.73. The molecule has 0 saturated heterocycles. The number of nitrogens with one attached hydrogen (secondary N) is 1. The van der Waals surface area contributed by atoms with Gasteiger partial charge in [0.2, 0.25) is 0 Å². The largest absolute Gasteiger partial charge is 0.464 e. The number of nitrogens with zero attached hydrogens (tertiary/aromatic N) is 2. The van der Waals surface area contributed by atoms with E-state index < -0.39 is 6.04 Å². The molecule has 0 radical (unpaired) electrons. The minimum Gasteiger partial charge on any atom is -0.464 e. The van der Waals surface area contributed by atoms with Gasteiger partial charge in [-0.05, 0) is 27.7 Å². The molecule has 20 heavy (non-hydrogen) atoms. The normalized spacial score (nSPS) is 12.4. The van der Waals surface area contributed by atoms with E-state index in [0.717, 1.165) is 30.0 Å². The van der Waals surface area contributed by atoms with Crippen LogP contribution in [-0.2, 0) is 20.8 Å². The molecule has 0 aromatic carbocycles. The van der Waals surface area contributed by atoms with Crippen LogP contribution < -0.4 is 5.32 Å². The highest BCUT2D eigenvalue weighted by Gasteiger charge is 2.21. The number of hydrogen-bond donors (Lipinski definition) is 1. The molecule has 0 aliphatic rings. The Kier molecular flexibility index (Phi) is 6.67. The van der Waals surface area contributed by atoms with E-state index in [1.165, 1.54) is 0 Å². The Morgan fingerprint density at radius 2 is 2.15 bits per heavy atom. The average molecular weight is 283 g/mol. The number of esters is 1. The van der Waals surface area contributed by atoms with Crippen LogP contribution in [0, 0.1) is 13.8 Å². The standard InChI is InChI=1S/C14H25N3O3/c1-6-20-14(18)12(4)17-11(3)13(10(2)16-17)9-15-7-8-19-5/h12,15H,6-9H2,1-5H3. The van der Waals surface area contributed by atoms with Gasteiger partial charge in [0.15, 0.2) is 0 Å². The Hall–Kier alpha value is -1.40. The number of methoxy groups -OCH3 is 1. The molecule has 1 heterocycles. The molecule has 0 amide bonds. The number of carbonyl (C=O) groups excluding carboxylic acids is 1. The molecular weight excluding hydrogens is 258 g/mol. The number of rotatable bonds is 8. The number of hydrogen-bond acceptors (Lipinski definition) is 5. The van der Waals surface area contributed by atoms with Gasteiger partial charge in [-0.3, -0.25) is 4.68 Å². The molecule has 0 fully saturated rings. The Morgan fingerprint density at radius 1 is 1.45 bits per heavy atom. The van der Waals surface area contributed by atoms with E-state index in [-0.39, 0.29) is 5.97 Å². The van der Waals surface area contributed by atoms with Crippen LogP contribution in [0.1, 0.15) is 36.8 Å². The van der Waals surface area contributed by atoms with E-state index in [1.807, 2.05) is 13.8 Å². The Bertz CT molecular complexity index is 443. The summed E-state index contributed by atoms with van der Waals surface area (Å²) in [5.74, 6) is -0.253. The van der Waals surface area contributed by atoms with E-state index in [1.54, 1.807) is 25.6 Å². The maximum atomic E-state index is 11.8. The number of aryl methyl sites for hydroxylation is 1. The van der Waals surface area contributed by atoms with Gasteiger partial charge in [0, 0.05) is 31.5 Å². The van der Waals surface area contributed by atoms with Crippen molar-refractivity contribution < 1.29 is 14.3 Å². The number of carbonyl (C=O) groups is 1. The molecular formula is C14H25N3O3. The molecule has 114 valence electrons. The highest BCUT2D eigenvalue weighted by atomic mass is 16.5. The summed E-state index contributed by atoms with van der Waals surface area (Å²) in [6.45, 7) is 10.1. The molecule has 0 spiro atoms. The van der Waals surface area contributed by atoms with E-state index in [0.29, 0.717) is 13.2 Å². The summed E-state index contributed by atoms with van der Waals surface area (Å²) < 4.78 is 11.8. The maximum Gasteiger partial charge on any atom is 0.330 e. The average Bonchev–Trinajstić information content (AvgIpc) is 2.70. The summed E-state index contributed by atoms with van der Waals surface area (Å²) in [6, 6.07) is -0.402. The van der Waals surface area contributed by atoms with Crippen LogP contribution in [0.15, 0.2) is 0 Å². The molecule has 0 saturated carbocycles. The zero-order valence-electron chi connectivity index (χ0n) is 13.0. The second-order valence-electron chi connectivity index (χ2n) is 4.69. The van der Waals surface area contributed by atoms with Crippen LogP contribution in [0.25, 0.3) is 0 Å². The lowest BCUT2D eigenvalue weighted by atomic mass is 10.2. The molecule has 1 unspecified atom stereocenters. The van der Waals surface area contributed by atoms with Crippen LogP contribution in [0.4, 0.5) is 0 Å². The third kappa shape index (κ3) is 4.05. The SMILES string of the molecule is CCOC(=O)C(C)n1nc(C)c(CNCCOC)c1C. The molecule has 1 atom stereocenters. The maximum absolute atomic E-state index is 11.8. The van der Waals surface area contributed by atoms with Crippen molar-refractivity contribution >= 4 is 5.97 Å².